The number of nitrogens with one attached hydrogen (secondary N) is 1. The Hall–Kier alpha value is -3.51. The fourth-order valence-electron chi connectivity index (χ4n) is 4.37. The highest BCUT2D eigenvalue weighted by Gasteiger charge is 2.31. The number of hydrogen-bond acceptors (Lipinski definition) is 7. The van der Waals surface area contributed by atoms with Crippen LogP contribution in [0.25, 0.3) is 21.3 Å². The number of nitrogens with zero attached hydrogens (tertiary/aromatic N) is 4. The number of aromatic nitrogens is 3. The molecule has 2 aromatic carbocycles. The lowest BCUT2D eigenvalue weighted by molar-refractivity contribution is -0.137. The van der Waals surface area contributed by atoms with Gasteiger partial charge in [0, 0.05) is 38.5 Å². The molecule has 37 heavy (non-hydrogen) atoms. The van der Waals surface area contributed by atoms with E-state index in [4.69, 9.17) is 0 Å². The van der Waals surface area contributed by atoms with Crippen LogP contribution in [0.5, 0.6) is 0 Å². The second kappa shape index (κ2) is 9.75. The smallest absolute Gasteiger partial charge is 0.393 e. The maximum absolute atomic E-state index is 13.0. The maximum atomic E-state index is 13.0. The Morgan fingerprint density at radius 2 is 1.84 bits per heavy atom. The fraction of sp³-hybridized carbons (Fsp3) is 0.360. The topological polar surface area (TPSA) is 100 Å². The minimum atomic E-state index is -4.43. The number of aliphatic hydroxyl groups excluding tert-OH is 1. The maximum Gasteiger partial charge on any atom is 0.416 e. The number of benzene rings is 2. The molecule has 0 aliphatic carbocycles. The molecule has 194 valence electrons. The number of Topliss-reactive ketones (excluding diaryl/α,β-unsaturated/α-hetero) is 1. The average Bonchev–Trinajstić information content (AvgIpc) is 3.41. The van der Waals surface area contributed by atoms with E-state index in [1.54, 1.807) is 34.7 Å². The molecular formula is C25H24F3N5O3S. The van der Waals surface area contributed by atoms with Crippen LogP contribution >= 0.6 is 11.3 Å². The van der Waals surface area contributed by atoms with Crippen LogP contribution in [0.1, 0.15) is 41.6 Å². The molecule has 2 aromatic heterocycles. The van der Waals surface area contributed by atoms with E-state index in [0.29, 0.717) is 58.3 Å². The lowest BCUT2D eigenvalue weighted by atomic mass is 10.0. The SMILES string of the molecule is Cn1c(Nc2nc3ccc(C(F)(F)F)cc3s2)nc2cc(C(=O)CCC(=O)N3CCC(O)CC3)ccc21. The Labute approximate surface area is 213 Å². The van der Waals surface area contributed by atoms with Crippen LogP contribution in [0.15, 0.2) is 36.4 Å². The van der Waals surface area contributed by atoms with Crippen molar-refractivity contribution in [3.8, 4) is 0 Å². The highest BCUT2D eigenvalue weighted by atomic mass is 32.1. The van der Waals surface area contributed by atoms with Gasteiger partial charge in [0.15, 0.2) is 10.9 Å². The fourth-order valence-corrected chi connectivity index (χ4v) is 5.27. The molecule has 1 amide bonds. The molecule has 0 spiro atoms. The number of hydrogen-bond donors (Lipinski definition) is 2. The number of likely N-dealkylation sites (tertiary alicyclic amines) is 1. The summed E-state index contributed by atoms with van der Waals surface area (Å²) < 4.78 is 41.2. The second-order valence-corrected chi connectivity index (χ2v) is 10.1. The summed E-state index contributed by atoms with van der Waals surface area (Å²) in [7, 11) is 1.78. The van der Waals surface area contributed by atoms with Gasteiger partial charge in [0.25, 0.3) is 0 Å². The van der Waals surface area contributed by atoms with Crippen molar-refractivity contribution in [3.05, 3.63) is 47.5 Å². The Balaban J connectivity index is 1.29. The minimum absolute atomic E-state index is 0.0763. The lowest BCUT2D eigenvalue weighted by Gasteiger charge is -2.29. The van der Waals surface area contributed by atoms with E-state index < -0.39 is 11.7 Å². The summed E-state index contributed by atoms with van der Waals surface area (Å²) in [5, 5.41) is 13.0. The molecule has 0 radical (unpaired) electrons. The summed E-state index contributed by atoms with van der Waals surface area (Å²) in [5.41, 5.74) is 1.47. The summed E-state index contributed by atoms with van der Waals surface area (Å²) in [6, 6.07) is 8.54. The number of aliphatic hydroxyl groups is 1. The van der Waals surface area contributed by atoms with Gasteiger partial charge in [-0.2, -0.15) is 13.2 Å². The number of amides is 1. The van der Waals surface area contributed by atoms with Gasteiger partial charge in [-0.1, -0.05) is 11.3 Å². The third-order valence-corrected chi connectivity index (χ3v) is 7.45. The van der Waals surface area contributed by atoms with Gasteiger partial charge in [-0.25, -0.2) is 9.97 Å². The first kappa shape index (κ1) is 25.2. The number of imidazole rings is 1. The van der Waals surface area contributed by atoms with Crippen LogP contribution in [-0.2, 0) is 18.0 Å². The van der Waals surface area contributed by atoms with E-state index in [9.17, 15) is 27.9 Å². The van der Waals surface area contributed by atoms with E-state index in [-0.39, 0.29) is 30.6 Å². The minimum Gasteiger partial charge on any atom is -0.393 e. The first-order valence-corrected chi connectivity index (χ1v) is 12.6. The van der Waals surface area contributed by atoms with Crippen LogP contribution in [0.4, 0.5) is 24.3 Å². The van der Waals surface area contributed by atoms with Crippen molar-refractivity contribution in [1.82, 2.24) is 19.4 Å². The standard InChI is InChI=1S/C25H24F3N5O3S/c1-32-19-5-2-14(20(35)6-7-22(36)33-10-8-16(34)9-11-33)12-18(19)29-23(32)31-24-30-17-4-3-15(25(26,27)28)13-21(17)37-24/h2-5,12-13,16,34H,6-11H2,1H3,(H,29,30,31). The molecule has 5 rings (SSSR count). The van der Waals surface area contributed by atoms with Gasteiger partial charge >= 0.3 is 6.18 Å². The zero-order valence-electron chi connectivity index (χ0n) is 19.9. The first-order chi connectivity index (χ1) is 17.6. The molecule has 3 heterocycles. The normalized spacial score (nSPS) is 15.0. The Kier molecular flexibility index (Phi) is 6.63. The summed E-state index contributed by atoms with van der Waals surface area (Å²) in [5.74, 6) is 0.167. The van der Waals surface area contributed by atoms with Crippen molar-refractivity contribution in [1.29, 1.82) is 0 Å². The van der Waals surface area contributed by atoms with Gasteiger partial charge in [0.05, 0.1) is 32.9 Å². The lowest BCUT2D eigenvalue weighted by Crippen LogP contribution is -2.40. The van der Waals surface area contributed by atoms with E-state index in [0.717, 1.165) is 29.0 Å². The summed E-state index contributed by atoms with van der Waals surface area (Å²) in [4.78, 5) is 35.8. The number of carbonyl (C=O) groups excluding carboxylic acids is 2. The van der Waals surface area contributed by atoms with Gasteiger partial charge in [0.1, 0.15) is 0 Å². The molecular weight excluding hydrogens is 507 g/mol. The zero-order chi connectivity index (χ0) is 26.3. The van der Waals surface area contributed by atoms with Crippen molar-refractivity contribution in [2.45, 2.75) is 38.0 Å². The number of alkyl halides is 3. The van der Waals surface area contributed by atoms with Gasteiger partial charge in [-0.05, 0) is 49.2 Å². The van der Waals surface area contributed by atoms with Crippen molar-refractivity contribution in [3.63, 3.8) is 0 Å². The monoisotopic (exact) mass is 531 g/mol. The number of piperidine rings is 1. The molecule has 2 N–H and O–H groups in total. The molecule has 4 aromatic rings. The number of ketones is 1. The van der Waals surface area contributed by atoms with Crippen molar-refractivity contribution in [2.75, 3.05) is 18.4 Å². The quantitative estimate of drug-likeness (QED) is 0.344. The van der Waals surface area contributed by atoms with Gasteiger partial charge in [-0.3, -0.25) is 9.59 Å². The van der Waals surface area contributed by atoms with Gasteiger partial charge in [0.2, 0.25) is 11.9 Å². The number of aryl methyl sites for hydroxylation is 1. The summed E-state index contributed by atoms with van der Waals surface area (Å²) >= 11 is 1.09. The molecule has 1 saturated heterocycles. The average molecular weight is 532 g/mol. The van der Waals surface area contributed by atoms with Crippen LogP contribution in [-0.4, -0.2) is 55.4 Å². The number of fused-ring (bicyclic) bond motifs is 2. The van der Waals surface area contributed by atoms with E-state index in [1.165, 1.54) is 6.07 Å². The second-order valence-electron chi connectivity index (χ2n) is 9.06. The molecule has 8 nitrogen and oxygen atoms in total. The van der Waals surface area contributed by atoms with Crippen molar-refractivity contribution in [2.24, 2.45) is 7.05 Å². The van der Waals surface area contributed by atoms with Crippen molar-refractivity contribution < 1.29 is 27.9 Å². The van der Waals surface area contributed by atoms with Crippen LogP contribution in [0, 0.1) is 0 Å². The Morgan fingerprint density at radius 1 is 1.08 bits per heavy atom. The predicted octanol–water partition coefficient (Wildman–Crippen LogP) is 4.89. The molecule has 0 bridgehead atoms. The molecule has 1 aliphatic rings. The van der Waals surface area contributed by atoms with Crippen LogP contribution in [0.3, 0.4) is 0 Å². The van der Waals surface area contributed by atoms with Gasteiger partial charge in [-0.15, -0.1) is 0 Å². The Morgan fingerprint density at radius 3 is 2.57 bits per heavy atom. The number of thiazole rings is 1. The van der Waals surface area contributed by atoms with E-state index in [2.05, 4.69) is 15.3 Å². The number of rotatable bonds is 6. The molecule has 0 unspecified atom stereocenters. The first-order valence-electron chi connectivity index (χ1n) is 11.8. The Bertz CT molecular complexity index is 1490. The van der Waals surface area contributed by atoms with Crippen LogP contribution < -0.4 is 5.32 Å². The van der Waals surface area contributed by atoms with E-state index in [1.807, 2.05) is 0 Å². The predicted molar refractivity (Wildman–Crippen MR) is 134 cm³/mol. The zero-order valence-corrected chi connectivity index (χ0v) is 20.7. The molecule has 1 aliphatic heterocycles. The molecule has 0 atom stereocenters. The summed E-state index contributed by atoms with van der Waals surface area (Å²) in [6.45, 7) is 1.00. The molecule has 0 saturated carbocycles. The third-order valence-electron chi connectivity index (χ3n) is 6.52. The van der Waals surface area contributed by atoms with Crippen molar-refractivity contribution >= 4 is 55.4 Å². The molecule has 1 fully saturated rings. The van der Waals surface area contributed by atoms with E-state index >= 15 is 0 Å². The molecule has 12 heteroatoms. The van der Waals surface area contributed by atoms with Crippen LogP contribution in [0.2, 0.25) is 0 Å². The number of carbonyl (C=O) groups is 2. The number of halogens is 3. The highest BCUT2D eigenvalue weighted by Crippen LogP contribution is 2.35. The summed E-state index contributed by atoms with van der Waals surface area (Å²) in [6.07, 6.45) is -3.51. The third kappa shape index (κ3) is 5.30. The largest absolute Gasteiger partial charge is 0.416 e. The highest BCUT2D eigenvalue weighted by molar-refractivity contribution is 7.22. The van der Waals surface area contributed by atoms with Gasteiger partial charge < -0.3 is 19.9 Å². The number of anilines is 2.